The van der Waals surface area contributed by atoms with Gasteiger partial charge < -0.3 is 24.6 Å². The van der Waals surface area contributed by atoms with E-state index in [1.54, 1.807) is 36.4 Å². The summed E-state index contributed by atoms with van der Waals surface area (Å²) in [7, 11) is 1.51. The number of hydrogen-bond donors (Lipinski definition) is 2. The molecule has 2 aromatic carbocycles. The maximum atomic E-state index is 12.8. The zero-order chi connectivity index (χ0) is 21.0. The lowest BCUT2D eigenvalue weighted by molar-refractivity contribution is -0.140. The largest absolute Gasteiger partial charge is 0.508 e. The summed E-state index contributed by atoms with van der Waals surface area (Å²) in [5.74, 6) is -1.14. The molecule has 1 heterocycles. The van der Waals surface area contributed by atoms with E-state index in [9.17, 15) is 19.8 Å². The molecule has 29 heavy (non-hydrogen) atoms. The zero-order valence-corrected chi connectivity index (χ0v) is 16.3. The van der Waals surface area contributed by atoms with Gasteiger partial charge in [0.15, 0.2) is 0 Å². The number of ketones is 1. The van der Waals surface area contributed by atoms with Gasteiger partial charge in [-0.3, -0.25) is 9.59 Å². The number of likely N-dealkylation sites (tertiary alicyclic amines) is 1. The van der Waals surface area contributed by atoms with E-state index in [1.165, 1.54) is 24.1 Å². The fourth-order valence-corrected chi connectivity index (χ4v) is 3.36. The Morgan fingerprint density at radius 1 is 1.14 bits per heavy atom. The summed E-state index contributed by atoms with van der Waals surface area (Å²) in [4.78, 5) is 26.9. The number of ether oxygens (including phenoxy) is 2. The van der Waals surface area contributed by atoms with Gasteiger partial charge in [0, 0.05) is 19.2 Å². The van der Waals surface area contributed by atoms with Crippen LogP contribution in [-0.2, 0) is 14.3 Å². The van der Waals surface area contributed by atoms with Crippen LogP contribution in [0.25, 0.3) is 5.76 Å². The van der Waals surface area contributed by atoms with Crippen molar-refractivity contribution in [3.8, 4) is 11.5 Å². The fourth-order valence-electron chi connectivity index (χ4n) is 3.36. The Kier molecular flexibility index (Phi) is 6.19. The number of Topliss-reactive ketones (excluding diaryl/α,β-unsaturated/α-hetero) is 1. The number of aliphatic hydroxyl groups is 1. The number of nitrogens with zero attached hydrogens (tertiary/aromatic N) is 1. The van der Waals surface area contributed by atoms with Gasteiger partial charge in [0.25, 0.3) is 11.7 Å². The standard InChI is InChI=1S/C22H23NO6/c1-3-29-17-6-4-5-15(13-17)20(25)18-19(14-7-9-16(24)10-8-14)23(11-12-28-2)22(27)21(18)26/h4-10,13,19,24-25H,3,11-12H2,1-2H3/b20-18-. The summed E-state index contributed by atoms with van der Waals surface area (Å²) >= 11 is 0. The van der Waals surface area contributed by atoms with Gasteiger partial charge in [-0.2, -0.15) is 0 Å². The van der Waals surface area contributed by atoms with Crippen LogP contribution in [0.2, 0.25) is 0 Å². The minimum absolute atomic E-state index is 0.00885. The van der Waals surface area contributed by atoms with E-state index in [2.05, 4.69) is 0 Å². The van der Waals surface area contributed by atoms with Crippen LogP contribution in [0.3, 0.4) is 0 Å². The molecule has 2 N–H and O–H groups in total. The third-order valence-electron chi connectivity index (χ3n) is 4.70. The van der Waals surface area contributed by atoms with Crippen molar-refractivity contribution < 1.29 is 29.3 Å². The number of benzene rings is 2. The first-order chi connectivity index (χ1) is 14.0. The molecule has 0 saturated carbocycles. The smallest absolute Gasteiger partial charge is 0.295 e. The van der Waals surface area contributed by atoms with Crippen LogP contribution in [-0.4, -0.2) is 53.7 Å². The second kappa shape index (κ2) is 8.79. The van der Waals surface area contributed by atoms with Crippen LogP contribution in [0.4, 0.5) is 0 Å². The van der Waals surface area contributed by atoms with Gasteiger partial charge in [-0.1, -0.05) is 24.3 Å². The normalized spacial score (nSPS) is 18.3. The third-order valence-corrected chi connectivity index (χ3v) is 4.70. The lowest BCUT2D eigenvalue weighted by Crippen LogP contribution is -2.32. The first kappa shape index (κ1) is 20.4. The van der Waals surface area contributed by atoms with Gasteiger partial charge in [-0.15, -0.1) is 0 Å². The predicted octanol–water partition coefficient (Wildman–Crippen LogP) is 2.86. The van der Waals surface area contributed by atoms with Gasteiger partial charge >= 0.3 is 0 Å². The molecule has 3 rings (SSSR count). The van der Waals surface area contributed by atoms with Crippen molar-refractivity contribution >= 4 is 17.4 Å². The van der Waals surface area contributed by atoms with Crippen LogP contribution >= 0.6 is 0 Å². The molecule has 0 radical (unpaired) electrons. The van der Waals surface area contributed by atoms with E-state index in [-0.39, 0.29) is 30.2 Å². The van der Waals surface area contributed by atoms with E-state index in [0.717, 1.165) is 0 Å². The van der Waals surface area contributed by atoms with Gasteiger partial charge in [0.05, 0.1) is 24.8 Å². The maximum absolute atomic E-state index is 12.8. The fraction of sp³-hybridized carbons (Fsp3) is 0.273. The Labute approximate surface area is 168 Å². The molecule has 7 heteroatoms. The number of rotatable bonds is 7. The number of amides is 1. The number of phenolic OH excluding ortho intramolecular Hbond substituents is 1. The van der Waals surface area contributed by atoms with Crippen molar-refractivity contribution in [3.63, 3.8) is 0 Å². The molecular weight excluding hydrogens is 374 g/mol. The maximum Gasteiger partial charge on any atom is 0.295 e. The molecule has 1 amide bonds. The number of aromatic hydroxyl groups is 1. The Hall–Kier alpha value is -3.32. The molecule has 1 fully saturated rings. The Morgan fingerprint density at radius 3 is 2.52 bits per heavy atom. The van der Waals surface area contributed by atoms with Crippen molar-refractivity contribution in [1.82, 2.24) is 4.90 Å². The zero-order valence-electron chi connectivity index (χ0n) is 16.3. The Bertz CT molecular complexity index is 935. The number of phenols is 1. The quantitative estimate of drug-likeness (QED) is 0.424. The summed E-state index contributed by atoms with van der Waals surface area (Å²) in [5.41, 5.74) is 0.968. The highest BCUT2D eigenvalue weighted by Crippen LogP contribution is 2.39. The van der Waals surface area contributed by atoms with E-state index < -0.39 is 17.7 Å². The van der Waals surface area contributed by atoms with Gasteiger partial charge in [-0.25, -0.2) is 0 Å². The predicted molar refractivity (Wildman–Crippen MR) is 107 cm³/mol. The van der Waals surface area contributed by atoms with Crippen LogP contribution in [0.15, 0.2) is 54.1 Å². The van der Waals surface area contributed by atoms with Crippen molar-refractivity contribution in [1.29, 1.82) is 0 Å². The molecule has 1 aliphatic rings. The summed E-state index contributed by atoms with van der Waals surface area (Å²) < 4.78 is 10.5. The number of carbonyl (C=O) groups is 2. The van der Waals surface area contributed by atoms with Crippen molar-refractivity contribution in [2.75, 3.05) is 26.9 Å². The van der Waals surface area contributed by atoms with Gasteiger partial charge in [-0.05, 0) is 36.8 Å². The second-order valence-electron chi connectivity index (χ2n) is 6.54. The lowest BCUT2D eigenvalue weighted by atomic mass is 9.95. The molecular formula is C22H23NO6. The van der Waals surface area contributed by atoms with E-state index in [0.29, 0.717) is 23.5 Å². The third kappa shape index (κ3) is 4.09. The molecule has 1 atom stereocenters. The van der Waals surface area contributed by atoms with Crippen LogP contribution in [0, 0.1) is 0 Å². The minimum atomic E-state index is -0.790. The summed E-state index contributed by atoms with van der Waals surface area (Å²) in [6, 6.07) is 12.1. The summed E-state index contributed by atoms with van der Waals surface area (Å²) in [6.07, 6.45) is 0. The Morgan fingerprint density at radius 2 is 1.86 bits per heavy atom. The summed E-state index contributed by atoms with van der Waals surface area (Å²) in [6.45, 7) is 2.72. The first-order valence-corrected chi connectivity index (χ1v) is 9.27. The number of carbonyl (C=O) groups excluding carboxylic acids is 2. The molecule has 1 aliphatic heterocycles. The average Bonchev–Trinajstić information content (AvgIpc) is 2.97. The topological polar surface area (TPSA) is 96.3 Å². The molecule has 0 aromatic heterocycles. The number of methoxy groups -OCH3 is 1. The SMILES string of the molecule is CCOc1cccc(/C(O)=C2/C(=O)C(=O)N(CCOC)C2c2ccc(O)cc2)c1. The highest BCUT2D eigenvalue weighted by molar-refractivity contribution is 6.46. The van der Waals surface area contributed by atoms with Crippen LogP contribution in [0.5, 0.6) is 11.5 Å². The molecule has 0 aliphatic carbocycles. The van der Waals surface area contributed by atoms with Gasteiger partial charge in [0.2, 0.25) is 0 Å². The second-order valence-corrected chi connectivity index (χ2v) is 6.54. The Balaban J connectivity index is 2.13. The average molecular weight is 397 g/mol. The molecule has 0 bridgehead atoms. The van der Waals surface area contributed by atoms with E-state index in [4.69, 9.17) is 9.47 Å². The summed E-state index contributed by atoms with van der Waals surface area (Å²) in [5, 5.41) is 20.6. The number of hydrogen-bond acceptors (Lipinski definition) is 6. The molecule has 1 unspecified atom stereocenters. The molecule has 2 aromatic rings. The van der Waals surface area contributed by atoms with E-state index in [1.807, 2.05) is 6.92 Å². The van der Waals surface area contributed by atoms with Crippen molar-refractivity contribution in [2.24, 2.45) is 0 Å². The van der Waals surface area contributed by atoms with E-state index >= 15 is 0 Å². The molecule has 152 valence electrons. The van der Waals surface area contributed by atoms with Gasteiger partial charge in [0.1, 0.15) is 17.3 Å². The van der Waals surface area contributed by atoms with Crippen molar-refractivity contribution in [3.05, 3.63) is 65.2 Å². The van der Waals surface area contributed by atoms with Crippen molar-refractivity contribution in [2.45, 2.75) is 13.0 Å². The molecule has 7 nitrogen and oxygen atoms in total. The first-order valence-electron chi connectivity index (χ1n) is 9.27. The molecule has 1 saturated heterocycles. The lowest BCUT2D eigenvalue weighted by Gasteiger charge is -2.25. The minimum Gasteiger partial charge on any atom is -0.508 e. The van der Waals surface area contributed by atoms with Crippen LogP contribution < -0.4 is 4.74 Å². The molecule has 0 spiro atoms. The number of aliphatic hydroxyl groups excluding tert-OH is 1. The highest BCUT2D eigenvalue weighted by atomic mass is 16.5. The highest BCUT2D eigenvalue weighted by Gasteiger charge is 2.45. The van der Waals surface area contributed by atoms with Crippen LogP contribution in [0.1, 0.15) is 24.1 Å². The monoisotopic (exact) mass is 397 g/mol.